The van der Waals surface area contributed by atoms with Gasteiger partial charge in [-0.3, -0.25) is 0 Å². The van der Waals surface area contributed by atoms with Crippen molar-refractivity contribution < 1.29 is 4.42 Å². The molecule has 0 spiro atoms. The van der Waals surface area contributed by atoms with Crippen LogP contribution < -0.4 is 5.32 Å². The van der Waals surface area contributed by atoms with Crippen LogP contribution in [0.5, 0.6) is 0 Å². The smallest absolute Gasteiger partial charge is 0.216 e. The van der Waals surface area contributed by atoms with Gasteiger partial charge in [0.1, 0.15) is 0 Å². The fourth-order valence-electron chi connectivity index (χ4n) is 3.98. The minimum absolute atomic E-state index is 0.572. The number of nitrogens with zero attached hydrogens (tertiary/aromatic N) is 2. The standard InChI is InChI=1S/C20H26N4O/c1-12-4-7-19-18(13(12)2)10-17(22-19)11-21-16-6-5-15(8-16)9-20-24-23-14(3)25-20/h4,7,10,15-16,21-22H,5-6,8-9,11H2,1-3H3/t15-,16+/m1/s1. The molecule has 25 heavy (non-hydrogen) atoms. The molecule has 0 saturated heterocycles. The molecule has 1 aliphatic carbocycles. The molecule has 2 heterocycles. The van der Waals surface area contributed by atoms with E-state index < -0.39 is 0 Å². The maximum atomic E-state index is 5.52. The minimum atomic E-state index is 0.572. The van der Waals surface area contributed by atoms with Crippen LogP contribution in [0, 0.1) is 26.7 Å². The monoisotopic (exact) mass is 338 g/mol. The van der Waals surface area contributed by atoms with E-state index in [1.807, 2.05) is 6.92 Å². The van der Waals surface area contributed by atoms with E-state index in [0.29, 0.717) is 17.9 Å². The van der Waals surface area contributed by atoms with Crippen molar-refractivity contribution in [1.82, 2.24) is 20.5 Å². The third-order valence-corrected chi connectivity index (χ3v) is 5.55. The van der Waals surface area contributed by atoms with Crippen LogP contribution in [0.1, 0.15) is 47.9 Å². The molecule has 1 aromatic carbocycles. The number of hydrogen-bond acceptors (Lipinski definition) is 4. The number of H-pyrrole nitrogens is 1. The number of aromatic nitrogens is 3. The lowest BCUT2D eigenvalue weighted by Gasteiger charge is -2.12. The van der Waals surface area contributed by atoms with E-state index in [1.165, 1.54) is 47.0 Å². The van der Waals surface area contributed by atoms with Crippen LogP contribution in [0.2, 0.25) is 0 Å². The fraction of sp³-hybridized carbons (Fsp3) is 0.500. The zero-order valence-electron chi connectivity index (χ0n) is 15.2. The van der Waals surface area contributed by atoms with Gasteiger partial charge in [-0.15, -0.1) is 10.2 Å². The molecule has 0 radical (unpaired) electrons. The first-order valence-corrected chi connectivity index (χ1v) is 9.18. The third kappa shape index (κ3) is 3.47. The fourth-order valence-corrected chi connectivity index (χ4v) is 3.98. The lowest BCUT2D eigenvalue weighted by Crippen LogP contribution is -2.26. The molecule has 4 rings (SSSR count). The first-order chi connectivity index (χ1) is 12.1. The lowest BCUT2D eigenvalue weighted by molar-refractivity contribution is 0.408. The molecule has 1 saturated carbocycles. The summed E-state index contributed by atoms with van der Waals surface area (Å²) in [6.07, 6.45) is 4.53. The molecule has 2 atom stereocenters. The molecule has 1 aliphatic rings. The first-order valence-electron chi connectivity index (χ1n) is 9.18. The number of rotatable bonds is 5. The highest BCUT2D eigenvalue weighted by molar-refractivity contribution is 5.84. The second kappa shape index (κ2) is 6.64. The van der Waals surface area contributed by atoms with Crippen molar-refractivity contribution in [3.63, 3.8) is 0 Å². The first kappa shape index (κ1) is 16.3. The highest BCUT2D eigenvalue weighted by Gasteiger charge is 2.26. The summed E-state index contributed by atoms with van der Waals surface area (Å²) in [5.41, 5.74) is 5.22. The van der Waals surface area contributed by atoms with E-state index in [4.69, 9.17) is 4.42 Å². The van der Waals surface area contributed by atoms with Crippen molar-refractivity contribution in [2.45, 2.75) is 59.0 Å². The average molecular weight is 338 g/mol. The maximum Gasteiger partial charge on any atom is 0.216 e. The number of nitrogens with one attached hydrogen (secondary N) is 2. The Morgan fingerprint density at radius 3 is 2.88 bits per heavy atom. The van der Waals surface area contributed by atoms with Gasteiger partial charge in [0, 0.05) is 42.5 Å². The Morgan fingerprint density at radius 1 is 1.20 bits per heavy atom. The van der Waals surface area contributed by atoms with Gasteiger partial charge in [0.05, 0.1) is 0 Å². The molecule has 0 bridgehead atoms. The van der Waals surface area contributed by atoms with E-state index in [2.05, 4.69) is 52.5 Å². The molecule has 132 valence electrons. The Kier molecular flexibility index (Phi) is 4.34. The van der Waals surface area contributed by atoms with Gasteiger partial charge >= 0.3 is 0 Å². The molecule has 3 aromatic rings. The average Bonchev–Trinajstić information content (AvgIpc) is 3.30. The van der Waals surface area contributed by atoms with Crippen molar-refractivity contribution in [3.8, 4) is 0 Å². The van der Waals surface area contributed by atoms with E-state index in [9.17, 15) is 0 Å². The molecule has 0 unspecified atom stereocenters. The molecule has 0 amide bonds. The number of benzene rings is 1. The van der Waals surface area contributed by atoms with Crippen molar-refractivity contribution >= 4 is 10.9 Å². The number of aryl methyl sites for hydroxylation is 3. The van der Waals surface area contributed by atoms with Gasteiger partial charge in [0.25, 0.3) is 0 Å². The minimum Gasteiger partial charge on any atom is -0.426 e. The maximum absolute atomic E-state index is 5.52. The molecule has 2 N–H and O–H groups in total. The SMILES string of the molecule is Cc1nnc(C[C@@H]2CC[C@H](NCc3cc4c(C)c(C)ccc4[nH]3)C2)o1. The molecular weight excluding hydrogens is 312 g/mol. The number of aromatic amines is 1. The molecule has 2 aromatic heterocycles. The Labute approximate surface area is 148 Å². The highest BCUT2D eigenvalue weighted by Crippen LogP contribution is 2.29. The Bertz CT molecular complexity index is 879. The topological polar surface area (TPSA) is 66.7 Å². The summed E-state index contributed by atoms with van der Waals surface area (Å²) in [6.45, 7) is 7.11. The van der Waals surface area contributed by atoms with Crippen molar-refractivity contribution in [2.75, 3.05) is 0 Å². The van der Waals surface area contributed by atoms with E-state index >= 15 is 0 Å². The van der Waals surface area contributed by atoms with Gasteiger partial charge in [-0.1, -0.05) is 6.07 Å². The summed E-state index contributed by atoms with van der Waals surface area (Å²) in [6, 6.07) is 7.23. The van der Waals surface area contributed by atoms with Gasteiger partial charge in [0.15, 0.2) is 0 Å². The summed E-state index contributed by atoms with van der Waals surface area (Å²) in [4.78, 5) is 3.55. The number of hydrogen-bond donors (Lipinski definition) is 2. The summed E-state index contributed by atoms with van der Waals surface area (Å²) in [7, 11) is 0. The van der Waals surface area contributed by atoms with Gasteiger partial charge < -0.3 is 14.7 Å². The lowest BCUT2D eigenvalue weighted by atomic mass is 10.0. The zero-order valence-corrected chi connectivity index (χ0v) is 15.2. The summed E-state index contributed by atoms with van der Waals surface area (Å²) >= 11 is 0. The van der Waals surface area contributed by atoms with Gasteiger partial charge in [-0.25, -0.2) is 0 Å². The van der Waals surface area contributed by atoms with Crippen LogP contribution >= 0.6 is 0 Å². The third-order valence-electron chi connectivity index (χ3n) is 5.55. The summed E-state index contributed by atoms with van der Waals surface area (Å²) in [5, 5.41) is 13.1. The van der Waals surface area contributed by atoms with Crippen LogP contribution in [-0.2, 0) is 13.0 Å². The Morgan fingerprint density at radius 2 is 2.08 bits per heavy atom. The molecule has 1 fully saturated rings. The Hall–Kier alpha value is -2.14. The van der Waals surface area contributed by atoms with Crippen molar-refractivity contribution in [3.05, 3.63) is 46.8 Å². The largest absolute Gasteiger partial charge is 0.426 e. The second-order valence-corrected chi connectivity index (χ2v) is 7.44. The zero-order chi connectivity index (χ0) is 17.4. The molecule has 0 aliphatic heterocycles. The molecular formula is C20H26N4O. The van der Waals surface area contributed by atoms with Gasteiger partial charge in [-0.2, -0.15) is 0 Å². The van der Waals surface area contributed by atoms with E-state index in [0.717, 1.165) is 18.9 Å². The van der Waals surface area contributed by atoms with Crippen LogP contribution in [0.25, 0.3) is 10.9 Å². The quantitative estimate of drug-likeness (QED) is 0.738. The predicted molar refractivity (Wildman–Crippen MR) is 98.5 cm³/mol. The van der Waals surface area contributed by atoms with Crippen LogP contribution in [0.4, 0.5) is 0 Å². The second-order valence-electron chi connectivity index (χ2n) is 7.44. The summed E-state index contributed by atoms with van der Waals surface area (Å²) < 4.78 is 5.52. The Balaban J connectivity index is 1.34. The predicted octanol–water partition coefficient (Wildman–Crippen LogP) is 3.98. The van der Waals surface area contributed by atoms with Crippen molar-refractivity contribution in [1.29, 1.82) is 0 Å². The van der Waals surface area contributed by atoms with E-state index in [1.54, 1.807) is 0 Å². The number of fused-ring (bicyclic) bond motifs is 1. The molecule has 5 nitrogen and oxygen atoms in total. The van der Waals surface area contributed by atoms with E-state index in [-0.39, 0.29) is 0 Å². The highest BCUT2D eigenvalue weighted by atomic mass is 16.4. The normalized spacial score (nSPS) is 20.6. The van der Waals surface area contributed by atoms with Crippen LogP contribution in [-0.4, -0.2) is 21.2 Å². The molecule has 5 heteroatoms. The van der Waals surface area contributed by atoms with Crippen LogP contribution in [0.3, 0.4) is 0 Å². The summed E-state index contributed by atoms with van der Waals surface area (Å²) in [5.74, 6) is 2.08. The van der Waals surface area contributed by atoms with Gasteiger partial charge in [-0.05, 0) is 62.3 Å². The van der Waals surface area contributed by atoms with Crippen molar-refractivity contribution in [2.24, 2.45) is 5.92 Å². The van der Waals surface area contributed by atoms with Gasteiger partial charge in [0.2, 0.25) is 11.8 Å². The van der Waals surface area contributed by atoms with Crippen LogP contribution in [0.15, 0.2) is 22.6 Å².